The molecule has 0 saturated heterocycles. The highest BCUT2D eigenvalue weighted by atomic mass is 16.1. The summed E-state index contributed by atoms with van der Waals surface area (Å²) in [4.78, 5) is 16.1. The van der Waals surface area contributed by atoms with E-state index in [1.165, 1.54) is 6.20 Å². The fourth-order valence-electron chi connectivity index (χ4n) is 1.70. The minimum atomic E-state index is -0.290. The Morgan fingerprint density at radius 2 is 2.00 bits per heavy atom. The maximum Gasteiger partial charge on any atom is 0.256 e. The van der Waals surface area contributed by atoms with Crippen LogP contribution in [0.3, 0.4) is 0 Å². The molecule has 0 aliphatic rings. The summed E-state index contributed by atoms with van der Waals surface area (Å²) >= 11 is 0. The Labute approximate surface area is 132 Å². The average Bonchev–Trinajstić information content (AvgIpc) is 2.57. The Morgan fingerprint density at radius 3 is 2.61 bits per heavy atom. The number of amides is 1. The molecule has 1 aromatic carbocycles. The molecule has 2 aromatic rings. The van der Waals surface area contributed by atoms with Crippen LogP contribution in [-0.2, 0) is 0 Å². The summed E-state index contributed by atoms with van der Waals surface area (Å²) in [5.74, 6) is 0.128. The molecule has 0 bridgehead atoms. The topological polar surface area (TPSA) is 114 Å². The average molecular weight is 304 g/mol. The molecule has 0 aliphatic carbocycles. The predicted molar refractivity (Wildman–Crippen MR) is 85.7 cm³/mol. The Morgan fingerprint density at radius 1 is 1.22 bits per heavy atom. The molecule has 0 unspecified atom stereocenters. The van der Waals surface area contributed by atoms with E-state index in [0.717, 1.165) is 5.56 Å². The van der Waals surface area contributed by atoms with Crippen molar-refractivity contribution in [2.75, 3.05) is 10.7 Å². The zero-order chi connectivity index (χ0) is 16.7. The Hall–Kier alpha value is -3.71. The molecule has 1 heterocycles. The first-order chi connectivity index (χ1) is 11.1. The van der Waals surface area contributed by atoms with Crippen molar-refractivity contribution >= 4 is 23.1 Å². The van der Waals surface area contributed by atoms with Crippen molar-refractivity contribution < 1.29 is 4.79 Å². The van der Waals surface area contributed by atoms with Gasteiger partial charge in [-0.15, -0.1) is 0 Å². The summed E-state index contributed by atoms with van der Waals surface area (Å²) in [5.41, 5.74) is 4.27. The standard InChI is InChI=1S/C16H12N6O/c1-11-3-2-4-12(7-11)16(23)20-15-6-5-13(10-19-15)21-22-14(8-17)9-18/h2-7,10,21H,1H3,(H,19,20,23). The lowest BCUT2D eigenvalue weighted by Crippen LogP contribution is -2.13. The third-order valence-electron chi connectivity index (χ3n) is 2.79. The molecule has 0 radical (unpaired) electrons. The van der Waals surface area contributed by atoms with Gasteiger partial charge in [0.05, 0.1) is 11.9 Å². The minimum Gasteiger partial charge on any atom is -0.307 e. The van der Waals surface area contributed by atoms with E-state index in [-0.39, 0.29) is 11.6 Å². The second-order valence-corrected chi connectivity index (χ2v) is 4.55. The summed E-state index contributed by atoms with van der Waals surface area (Å²) in [6.45, 7) is 1.91. The van der Waals surface area contributed by atoms with Crippen LogP contribution in [0.25, 0.3) is 0 Å². The van der Waals surface area contributed by atoms with Gasteiger partial charge in [-0.1, -0.05) is 17.7 Å². The number of aryl methyl sites for hydroxylation is 1. The molecule has 7 nitrogen and oxygen atoms in total. The highest BCUT2D eigenvalue weighted by molar-refractivity contribution is 6.10. The summed E-state index contributed by atoms with van der Waals surface area (Å²) in [6.07, 6.45) is 1.43. The van der Waals surface area contributed by atoms with E-state index in [9.17, 15) is 4.79 Å². The second kappa shape index (κ2) is 7.34. The normalized spacial score (nSPS) is 9.17. The number of nitrogens with one attached hydrogen (secondary N) is 2. The lowest BCUT2D eigenvalue weighted by atomic mass is 10.1. The van der Waals surface area contributed by atoms with Gasteiger partial charge in [-0.2, -0.15) is 15.6 Å². The maximum absolute atomic E-state index is 12.1. The van der Waals surface area contributed by atoms with Gasteiger partial charge in [0.2, 0.25) is 5.71 Å². The fraction of sp³-hybridized carbons (Fsp3) is 0.0625. The fourth-order valence-corrected chi connectivity index (χ4v) is 1.70. The van der Waals surface area contributed by atoms with Gasteiger partial charge in [-0.3, -0.25) is 10.2 Å². The number of anilines is 2. The number of hydrogen-bond donors (Lipinski definition) is 2. The van der Waals surface area contributed by atoms with Crippen molar-refractivity contribution in [2.45, 2.75) is 6.92 Å². The van der Waals surface area contributed by atoms with Gasteiger partial charge < -0.3 is 5.32 Å². The Balaban J connectivity index is 2.03. The smallest absolute Gasteiger partial charge is 0.256 e. The van der Waals surface area contributed by atoms with Crippen LogP contribution in [-0.4, -0.2) is 16.6 Å². The molecule has 23 heavy (non-hydrogen) atoms. The number of hydrogen-bond acceptors (Lipinski definition) is 6. The Kier molecular flexibility index (Phi) is 5.00. The molecular formula is C16H12N6O. The lowest BCUT2D eigenvalue weighted by Gasteiger charge is -2.06. The maximum atomic E-state index is 12.1. The number of nitrogens with zero attached hydrogens (tertiary/aromatic N) is 4. The number of pyridine rings is 1. The van der Waals surface area contributed by atoms with Crippen molar-refractivity contribution in [1.82, 2.24) is 4.98 Å². The van der Waals surface area contributed by atoms with Crippen LogP contribution in [0.15, 0.2) is 47.7 Å². The van der Waals surface area contributed by atoms with Crippen LogP contribution in [0.2, 0.25) is 0 Å². The van der Waals surface area contributed by atoms with Crippen LogP contribution in [0.1, 0.15) is 15.9 Å². The molecule has 2 rings (SSSR count). The third kappa shape index (κ3) is 4.38. The van der Waals surface area contributed by atoms with Gasteiger partial charge >= 0.3 is 0 Å². The highest BCUT2D eigenvalue weighted by Gasteiger charge is 2.06. The van der Waals surface area contributed by atoms with Gasteiger partial charge in [-0.05, 0) is 31.2 Å². The number of nitriles is 2. The number of carbonyl (C=O) groups excluding carboxylic acids is 1. The zero-order valence-electron chi connectivity index (χ0n) is 12.2. The summed E-state index contributed by atoms with van der Waals surface area (Å²) in [5, 5.41) is 23.4. The number of benzene rings is 1. The van der Waals surface area contributed by atoms with Crippen LogP contribution in [0.4, 0.5) is 11.5 Å². The van der Waals surface area contributed by atoms with E-state index in [0.29, 0.717) is 17.1 Å². The van der Waals surface area contributed by atoms with E-state index in [4.69, 9.17) is 10.5 Å². The third-order valence-corrected chi connectivity index (χ3v) is 2.79. The van der Waals surface area contributed by atoms with E-state index in [1.807, 2.05) is 19.1 Å². The monoisotopic (exact) mass is 304 g/mol. The van der Waals surface area contributed by atoms with Crippen LogP contribution >= 0.6 is 0 Å². The van der Waals surface area contributed by atoms with Crippen molar-refractivity contribution in [3.05, 3.63) is 53.7 Å². The molecule has 0 fully saturated rings. The number of aromatic nitrogens is 1. The first-order valence-electron chi connectivity index (χ1n) is 6.60. The summed E-state index contributed by atoms with van der Waals surface area (Å²) in [7, 11) is 0. The number of carbonyl (C=O) groups is 1. The van der Waals surface area contributed by atoms with Crippen LogP contribution < -0.4 is 10.7 Å². The molecule has 0 aliphatic heterocycles. The van der Waals surface area contributed by atoms with E-state index >= 15 is 0 Å². The quantitative estimate of drug-likeness (QED) is 0.665. The van der Waals surface area contributed by atoms with E-state index < -0.39 is 0 Å². The van der Waals surface area contributed by atoms with Crippen molar-refractivity contribution in [1.29, 1.82) is 10.5 Å². The molecule has 2 N–H and O–H groups in total. The summed E-state index contributed by atoms with van der Waals surface area (Å²) in [6, 6.07) is 13.7. The first-order valence-corrected chi connectivity index (χ1v) is 6.60. The van der Waals surface area contributed by atoms with Crippen molar-refractivity contribution in [3.63, 3.8) is 0 Å². The van der Waals surface area contributed by atoms with Gasteiger partial charge in [0.1, 0.15) is 18.0 Å². The van der Waals surface area contributed by atoms with Crippen molar-refractivity contribution in [3.8, 4) is 12.1 Å². The molecular weight excluding hydrogens is 292 g/mol. The molecule has 0 spiro atoms. The number of hydrazone groups is 1. The zero-order valence-corrected chi connectivity index (χ0v) is 12.2. The molecule has 112 valence electrons. The van der Waals surface area contributed by atoms with E-state index in [2.05, 4.69) is 20.8 Å². The van der Waals surface area contributed by atoms with Gasteiger partial charge in [0.15, 0.2) is 0 Å². The molecule has 1 amide bonds. The largest absolute Gasteiger partial charge is 0.307 e. The first kappa shape index (κ1) is 15.7. The Bertz CT molecular complexity index is 811. The van der Waals surface area contributed by atoms with Gasteiger partial charge in [0.25, 0.3) is 5.91 Å². The minimum absolute atomic E-state index is 0.254. The molecule has 0 saturated carbocycles. The summed E-state index contributed by atoms with van der Waals surface area (Å²) < 4.78 is 0. The van der Waals surface area contributed by atoms with Crippen LogP contribution in [0, 0.1) is 29.6 Å². The van der Waals surface area contributed by atoms with Crippen molar-refractivity contribution in [2.24, 2.45) is 5.10 Å². The highest BCUT2D eigenvalue weighted by Crippen LogP contribution is 2.12. The van der Waals surface area contributed by atoms with E-state index in [1.54, 1.807) is 36.4 Å². The second-order valence-electron chi connectivity index (χ2n) is 4.55. The molecule has 7 heteroatoms. The van der Waals surface area contributed by atoms with Gasteiger partial charge in [0, 0.05) is 5.56 Å². The SMILES string of the molecule is Cc1cccc(C(=O)Nc2ccc(NN=C(C#N)C#N)cn2)c1. The predicted octanol–water partition coefficient (Wildman–Crippen LogP) is 2.46. The number of rotatable bonds is 4. The van der Waals surface area contributed by atoms with Gasteiger partial charge in [-0.25, -0.2) is 4.98 Å². The van der Waals surface area contributed by atoms with Crippen LogP contribution in [0.5, 0.6) is 0 Å². The lowest BCUT2D eigenvalue weighted by molar-refractivity contribution is 0.102. The molecule has 0 atom stereocenters. The molecule has 1 aromatic heterocycles.